The molecule has 0 saturated heterocycles. The van der Waals surface area contributed by atoms with Crippen LogP contribution in [-0.2, 0) is 14.3 Å². The van der Waals surface area contributed by atoms with Gasteiger partial charge in [0.2, 0.25) is 5.91 Å². The summed E-state index contributed by atoms with van der Waals surface area (Å²) < 4.78 is 5.56. The van der Waals surface area contributed by atoms with Crippen molar-refractivity contribution in [2.24, 2.45) is 16.5 Å². The van der Waals surface area contributed by atoms with Gasteiger partial charge in [0.05, 0.1) is 6.61 Å². The van der Waals surface area contributed by atoms with E-state index in [1.54, 1.807) is 0 Å². The zero-order chi connectivity index (χ0) is 31.6. The maximum absolute atomic E-state index is 12.8. The van der Waals surface area contributed by atoms with Crippen LogP contribution in [0.2, 0.25) is 0 Å². The Kier molecular flexibility index (Phi) is 31.7. The molecular weight excluding hydrogens is 536 g/mol. The molecule has 43 heavy (non-hydrogen) atoms. The lowest BCUT2D eigenvalue weighted by molar-refractivity contribution is -0.148. The zero-order valence-electron chi connectivity index (χ0n) is 28.6. The van der Waals surface area contributed by atoms with Crippen LogP contribution in [0.4, 0.5) is 0 Å². The minimum absolute atomic E-state index is 0.0389. The lowest BCUT2D eigenvalue weighted by Crippen LogP contribution is -2.42. The molecule has 254 valence electrons. The molecule has 0 aromatic rings. The Bertz CT molecular complexity index is 652. The summed E-state index contributed by atoms with van der Waals surface area (Å²) in [5.74, 6) is -0.378. The summed E-state index contributed by atoms with van der Waals surface area (Å²) in [6, 6.07) is -0.638. The SMILES string of the molecule is CCCCCCCCCCCCCCCCCCOC(=O)C(CCCN=C(N)N)NC(=O)CCCCCCCCCCC. The van der Waals surface area contributed by atoms with Crippen LogP contribution in [0.5, 0.6) is 0 Å². The van der Waals surface area contributed by atoms with E-state index in [9.17, 15) is 9.59 Å². The summed E-state index contributed by atoms with van der Waals surface area (Å²) >= 11 is 0. The molecule has 7 nitrogen and oxygen atoms in total. The number of nitrogens with zero attached hydrogens (tertiary/aromatic N) is 1. The first-order valence-corrected chi connectivity index (χ1v) is 18.5. The normalized spacial score (nSPS) is 11.8. The number of hydrogen-bond donors (Lipinski definition) is 3. The van der Waals surface area contributed by atoms with Crippen LogP contribution < -0.4 is 16.8 Å². The molecule has 0 saturated carbocycles. The molecule has 1 atom stereocenters. The van der Waals surface area contributed by atoms with Gasteiger partial charge in [-0.05, 0) is 25.7 Å². The smallest absolute Gasteiger partial charge is 0.328 e. The molecule has 1 amide bonds. The molecule has 0 aromatic carbocycles. The molecule has 0 aliphatic rings. The second kappa shape index (κ2) is 33.1. The Morgan fingerprint density at radius 2 is 0.977 bits per heavy atom. The fraction of sp³-hybridized carbons (Fsp3) is 0.917. The van der Waals surface area contributed by atoms with Crippen molar-refractivity contribution < 1.29 is 14.3 Å². The number of carbonyl (C=O) groups is 2. The molecule has 0 aliphatic carbocycles. The lowest BCUT2D eigenvalue weighted by atomic mass is 10.0. The number of guanidine groups is 1. The first-order valence-electron chi connectivity index (χ1n) is 18.5. The molecule has 0 radical (unpaired) electrons. The molecule has 0 aliphatic heterocycles. The lowest BCUT2D eigenvalue weighted by Gasteiger charge is -2.17. The van der Waals surface area contributed by atoms with E-state index in [1.807, 2.05) is 0 Å². The summed E-state index contributed by atoms with van der Waals surface area (Å²) in [6.07, 6.45) is 33.4. The highest BCUT2D eigenvalue weighted by molar-refractivity contribution is 5.84. The number of rotatable bonds is 33. The van der Waals surface area contributed by atoms with E-state index in [0.29, 0.717) is 32.4 Å². The minimum Gasteiger partial charge on any atom is -0.464 e. The monoisotopic (exact) mass is 609 g/mol. The highest BCUT2D eigenvalue weighted by Crippen LogP contribution is 2.14. The van der Waals surface area contributed by atoms with Crippen LogP contribution in [0.1, 0.15) is 194 Å². The van der Waals surface area contributed by atoms with Crippen molar-refractivity contribution in [3.05, 3.63) is 0 Å². The average molecular weight is 609 g/mol. The number of nitrogens with one attached hydrogen (secondary N) is 1. The van der Waals surface area contributed by atoms with Crippen molar-refractivity contribution in [3.8, 4) is 0 Å². The molecular formula is C36H72N4O3. The van der Waals surface area contributed by atoms with Gasteiger partial charge in [0.15, 0.2) is 5.96 Å². The largest absolute Gasteiger partial charge is 0.464 e. The van der Waals surface area contributed by atoms with Gasteiger partial charge in [0.1, 0.15) is 6.04 Å². The van der Waals surface area contributed by atoms with Crippen LogP contribution >= 0.6 is 0 Å². The molecule has 0 heterocycles. The fourth-order valence-corrected chi connectivity index (χ4v) is 5.54. The standard InChI is InChI=1S/C36H72N4O3/c1-3-5-7-9-11-13-14-15-16-17-18-19-21-23-25-27-32-43-35(42)33(29-28-31-39-36(37)38)40-34(41)30-26-24-22-20-12-10-8-6-4-2/h33H,3-32H2,1-2H3,(H,40,41)(H4,37,38,39). The third kappa shape index (κ3) is 31.4. The highest BCUT2D eigenvalue weighted by atomic mass is 16.5. The van der Waals surface area contributed by atoms with E-state index < -0.39 is 6.04 Å². The van der Waals surface area contributed by atoms with E-state index in [0.717, 1.165) is 25.7 Å². The van der Waals surface area contributed by atoms with Crippen molar-refractivity contribution in [2.45, 2.75) is 200 Å². The summed E-state index contributed by atoms with van der Waals surface area (Å²) in [5.41, 5.74) is 10.8. The second-order valence-electron chi connectivity index (χ2n) is 12.6. The van der Waals surface area contributed by atoms with Crippen LogP contribution in [0.15, 0.2) is 4.99 Å². The fourth-order valence-electron chi connectivity index (χ4n) is 5.54. The molecule has 7 heteroatoms. The molecule has 0 bridgehead atoms. The molecule has 0 spiro atoms. The maximum atomic E-state index is 12.8. The van der Waals surface area contributed by atoms with Gasteiger partial charge in [-0.15, -0.1) is 0 Å². The molecule has 0 rings (SSSR count). The van der Waals surface area contributed by atoms with Gasteiger partial charge in [-0.25, -0.2) is 4.79 Å². The predicted molar refractivity (Wildman–Crippen MR) is 184 cm³/mol. The number of amides is 1. The highest BCUT2D eigenvalue weighted by Gasteiger charge is 2.21. The number of ether oxygens (including phenoxy) is 1. The van der Waals surface area contributed by atoms with Gasteiger partial charge in [0.25, 0.3) is 0 Å². The predicted octanol–water partition coefficient (Wildman–Crippen LogP) is 9.25. The van der Waals surface area contributed by atoms with E-state index in [2.05, 4.69) is 24.2 Å². The third-order valence-corrected chi connectivity index (χ3v) is 8.31. The van der Waals surface area contributed by atoms with Gasteiger partial charge in [-0.2, -0.15) is 0 Å². The molecule has 0 aromatic heterocycles. The number of carbonyl (C=O) groups excluding carboxylic acids is 2. The number of aliphatic imine (C=N–C) groups is 1. The summed E-state index contributed by atoms with van der Waals surface area (Å²) in [6.45, 7) is 5.36. The Labute approximate surface area is 266 Å². The summed E-state index contributed by atoms with van der Waals surface area (Å²) in [5, 5.41) is 2.91. The Morgan fingerprint density at radius 1 is 0.581 bits per heavy atom. The van der Waals surface area contributed by atoms with Gasteiger partial charge >= 0.3 is 5.97 Å². The van der Waals surface area contributed by atoms with Gasteiger partial charge in [-0.1, -0.05) is 162 Å². The van der Waals surface area contributed by atoms with Crippen LogP contribution in [-0.4, -0.2) is 37.0 Å². The van der Waals surface area contributed by atoms with Crippen molar-refractivity contribution >= 4 is 17.8 Å². The number of hydrogen-bond acceptors (Lipinski definition) is 4. The Balaban J connectivity index is 3.97. The number of nitrogens with two attached hydrogens (primary N) is 2. The second-order valence-corrected chi connectivity index (χ2v) is 12.6. The van der Waals surface area contributed by atoms with Crippen molar-refractivity contribution in [1.82, 2.24) is 5.32 Å². The number of esters is 1. The molecule has 0 fully saturated rings. The third-order valence-electron chi connectivity index (χ3n) is 8.31. The van der Waals surface area contributed by atoms with Crippen molar-refractivity contribution in [2.75, 3.05) is 13.2 Å². The van der Waals surface area contributed by atoms with Crippen molar-refractivity contribution in [3.63, 3.8) is 0 Å². The minimum atomic E-state index is -0.638. The first kappa shape index (κ1) is 41.2. The van der Waals surface area contributed by atoms with E-state index in [1.165, 1.54) is 135 Å². The van der Waals surface area contributed by atoms with Crippen LogP contribution in [0.3, 0.4) is 0 Å². The van der Waals surface area contributed by atoms with E-state index >= 15 is 0 Å². The average Bonchev–Trinajstić information content (AvgIpc) is 2.99. The van der Waals surface area contributed by atoms with Crippen molar-refractivity contribution in [1.29, 1.82) is 0 Å². The van der Waals surface area contributed by atoms with Gasteiger partial charge in [-0.3, -0.25) is 9.79 Å². The Hall–Kier alpha value is -1.79. The van der Waals surface area contributed by atoms with Crippen LogP contribution in [0.25, 0.3) is 0 Å². The Morgan fingerprint density at radius 3 is 1.40 bits per heavy atom. The van der Waals surface area contributed by atoms with E-state index in [4.69, 9.17) is 16.2 Å². The van der Waals surface area contributed by atoms with Crippen LogP contribution in [0, 0.1) is 0 Å². The van der Waals surface area contributed by atoms with Gasteiger partial charge < -0.3 is 21.5 Å². The topological polar surface area (TPSA) is 120 Å². The zero-order valence-corrected chi connectivity index (χ0v) is 28.6. The first-order chi connectivity index (χ1) is 21.0. The quantitative estimate of drug-likeness (QED) is 0.0297. The van der Waals surface area contributed by atoms with E-state index in [-0.39, 0.29) is 17.8 Å². The van der Waals surface area contributed by atoms with Gasteiger partial charge in [0, 0.05) is 13.0 Å². The molecule has 5 N–H and O–H groups in total. The maximum Gasteiger partial charge on any atom is 0.328 e. The summed E-state index contributed by atoms with van der Waals surface area (Å²) in [4.78, 5) is 29.3. The number of unbranched alkanes of at least 4 members (excludes halogenated alkanes) is 23. The summed E-state index contributed by atoms with van der Waals surface area (Å²) in [7, 11) is 0. The molecule has 1 unspecified atom stereocenters.